The standard InChI is InChI=1S/C13H17O2/c1-2-6-11-8-5-9-12-7-3-4-10-14-15-13(11)12/h5,8-9H,1-4,6-7,10H2. The van der Waals surface area contributed by atoms with Gasteiger partial charge in [-0.25, -0.2) is 0 Å². The number of hydrogen-bond donors (Lipinski definition) is 0. The smallest absolute Gasteiger partial charge is 0.171 e. The lowest BCUT2D eigenvalue weighted by atomic mass is 10.0. The summed E-state index contributed by atoms with van der Waals surface area (Å²) in [5, 5.41) is 0. The van der Waals surface area contributed by atoms with Crippen molar-refractivity contribution in [1.82, 2.24) is 0 Å². The number of aryl methyl sites for hydroxylation is 2. The van der Waals surface area contributed by atoms with E-state index in [2.05, 4.69) is 25.1 Å². The van der Waals surface area contributed by atoms with Gasteiger partial charge in [-0.2, -0.15) is 4.89 Å². The highest BCUT2D eigenvalue weighted by molar-refractivity contribution is 5.41. The zero-order valence-corrected chi connectivity index (χ0v) is 9.00. The van der Waals surface area contributed by atoms with Crippen LogP contribution in [0.1, 0.15) is 30.4 Å². The topological polar surface area (TPSA) is 18.5 Å². The predicted octanol–water partition coefficient (Wildman–Crippen LogP) is 3.10. The summed E-state index contributed by atoms with van der Waals surface area (Å²) in [6, 6.07) is 6.31. The van der Waals surface area contributed by atoms with E-state index >= 15 is 0 Å². The molecule has 0 unspecified atom stereocenters. The molecule has 0 N–H and O–H groups in total. The van der Waals surface area contributed by atoms with E-state index in [1.54, 1.807) is 0 Å². The Balaban J connectivity index is 2.28. The van der Waals surface area contributed by atoms with E-state index in [0.717, 1.165) is 31.4 Å². The number of fused-ring (bicyclic) bond motifs is 1. The highest BCUT2D eigenvalue weighted by atomic mass is 17.2. The predicted molar refractivity (Wildman–Crippen MR) is 59.6 cm³/mol. The minimum absolute atomic E-state index is 0.693. The van der Waals surface area contributed by atoms with E-state index in [4.69, 9.17) is 9.78 Å². The van der Waals surface area contributed by atoms with Crippen LogP contribution in [0.15, 0.2) is 18.2 Å². The van der Waals surface area contributed by atoms with Gasteiger partial charge in [-0.15, -0.1) is 0 Å². The van der Waals surface area contributed by atoms with Crippen LogP contribution in [-0.4, -0.2) is 6.61 Å². The van der Waals surface area contributed by atoms with E-state index in [-0.39, 0.29) is 0 Å². The maximum absolute atomic E-state index is 5.38. The van der Waals surface area contributed by atoms with Gasteiger partial charge in [-0.1, -0.05) is 25.1 Å². The van der Waals surface area contributed by atoms with Crippen LogP contribution in [-0.2, 0) is 17.7 Å². The molecule has 2 rings (SSSR count). The summed E-state index contributed by atoms with van der Waals surface area (Å²) in [7, 11) is 0. The van der Waals surface area contributed by atoms with Gasteiger partial charge in [0.2, 0.25) is 0 Å². The Hall–Kier alpha value is -1.02. The van der Waals surface area contributed by atoms with E-state index in [1.807, 2.05) is 0 Å². The molecule has 2 nitrogen and oxygen atoms in total. The molecule has 15 heavy (non-hydrogen) atoms. The molecule has 1 aliphatic rings. The Kier molecular flexibility index (Phi) is 3.62. The zero-order chi connectivity index (χ0) is 10.5. The third kappa shape index (κ3) is 2.51. The lowest BCUT2D eigenvalue weighted by molar-refractivity contribution is -0.210. The van der Waals surface area contributed by atoms with Gasteiger partial charge in [-0.05, 0) is 43.2 Å². The minimum Gasteiger partial charge on any atom is -0.337 e. The Morgan fingerprint density at radius 1 is 1.27 bits per heavy atom. The fourth-order valence-electron chi connectivity index (χ4n) is 1.91. The van der Waals surface area contributed by atoms with E-state index in [0.29, 0.717) is 6.61 Å². The summed E-state index contributed by atoms with van der Waals surface area (Å²) < 4.78 is 0. The normalized spacial score (nSPS) is 16.1. The average molecular weight is 205 g/mol. The average Bonchev–Trinajstić information content (AvgIpc) is 2.20. The van der Waals surface area contributed by atoms with Crippen molar-refractivity contribution in [2.45, 2.75) is 32.1 Å². The second-order valence-electron chi connectivity index (χ2n) is 3.87. The molecule has 1 aromatic carbocycles. The van der Waals surface area contributed by atoms with Crippen molar-refractivity contribution in [3.05, 3.63) is 36.2 Å². The van der Waals surface area contributed by atoms with Crippen LogP contribution < -0.4 is 4.89 Å². The summed E-state index contributed by atoms with van der Waals surface area (Å²) in [5.74, 6) is 0.931. The fourth-order valence-corrected chi connectivity index (χ4v) is 1.91. The van der Waals surface area contributed by atoms with Gasteiger partial charge in [0.25, 0.3) is 0 Å². The lowest BCUT2D eigenvalue weighted by Gasteiger charge is -2.16. The van der Waals surface area contributed by atoms with Gasteiger partial charge in [0.05, 0.1) is 6.61 Å². The molecule has 0 atom stereocenters. The summed E-state index contributed by atoms with van der Waals surface area (Å²) in [4.78, 5) is 10.6. The number of benzene rings is 1. The van der Waals surface area contributed by atoms with Crippen LogP contribution in [0, 0.1) is 6.92 Å². The number of para-hydroxylation sites is 1. The molecule has 1 aliphatic heterocycles. The molecule has 1 aromatic rings. The van der Waals surface area contributed by atoms with Crippen molar-refractivity contribution in [2.24, 2.45) is 0 Å². The molecule has 2 heteroatoms. The maximum atomic E-state index is 5.38. The van der Waals surface area contributed by atoms with Gasteiger partial charge >= 0.3 is 0 Å². The molecule has 0 spiro atoms. The SMILES string of the molecule is [CH2]CCc1cccc2c1OOCCCC2. The zero-order valence-electron chi connectivity index (χ0n) is 9.00. The highest BCUT2D eigenvalue weighted by Crippen LogP contribution is 2.28. The summed E-state index contributed by atoms with van der Waals surface area (Å²) in [6.45, 7) is 4.57. The van der Waals surface area contributed by atoms with Gasteiger partial charge in [0.1, 0.15) is 0 Å². The first kappa shape index (κ1) is 10.5. The van der Waals surface area contributed by atoms with Crippen LogP contribution >= 0.6 is 0 Å². The van der Waals surface area contributed by atoms with Crippen molar-refractivity contribution in [1.29, 1.82) is 0 Å². The minimum atomic E-state index is 0.693. The van der Waals surface area contributed by atoms with Gasteiger partial charge in [0, 0.05) is 0 Å². The first-order chi connectivity index (χ1) is 7.42. The molecule has 0 saturated carbocycles. The molecule has 0 aromatic heterocycles. The summed E-state index contributed by atoms with van der Waals surface area (Å²) in [6.07, 6.45) is 5.17. The Labute approximate surface area is 91.1 Å². The summed E-state index contributed by atoms with van der Waals surface area (Å²) in [5.41, 5.74) is 2.48. The van der Waals surface area contributed by atoms with Crippen LogP contribution in [0.25, 0.3) is 0 Å². The second kappa shape index (κ2) is 5.17. The Bertz CT molecular complexity index is 306. The number of hydrogen-bond acceptors (Lipinski definition) is 2. The van der Waals surface area contributed by atoms with Crippen molar-refractivity contribution in [3.63, 3.8) is 0 Å². The fraction of sp³-hybridized carbons (Fsp3) is 0.462. The van der Waals surface area contributed by atoms with E-state index in [1.165, 1.54) is 17.5 Å². The molecule has 0 fully saturated rings. The van der Waals surface area contributed by atoms with Gasteiger partial charge < -0.3 is 4.89 Å². The Morgan fingerprint density at radius 2 is 2.20 bits per heavy atom. The Morgan fingerprint density at radius 3 is 3.07 bits per heavy atom. The van der Waals surface area contributed by atoms with Crippen molar-refractivity contribution < 1.29 is 9.78 Å². The van der Waals surface area contributed by atoms with Crippen molar-refractivity contribution in [3.8, 4) is 5.75 Å². The quantitative estimate of drug-likeness (QED) is 0.691. The monoisotopic (exact) mass is 205 g/mol. The largest absolute Gasteiger partial charge is 0.337 e. The third-order valence-corrected chi connectivity index (χ3v) is 2.69. The molecular formula is C13H17O2. The van der Waals surface area contributed by atoms with Gasteiger partial charge in [0.15, 0.2) is 5.75 Å². The first-order valence-corrected chi connectivity index (χ1v) is 5.61. The molecule has 0 amide bonds. The van der Waals surface area contributed by atoms with Crippen molar-refractivity contribution in [2.75, 3.05) is 6.61 Å². The molecule has 0 aliphatic carbocycles. The maximum Gasteiger partial charge on any atom is 0.171 e. The van der Waals surface area contributed by atoms with Crippen LogP contribution in [0.2, 0.25) is 0 Å². The van der Waals surface area contributed by atoms with Crippen LogP contribution in [0.4, 0.5) is 0 Å². The number of rotatable bonds is 2. The highest BCUT2D eigenvalue weighted by Gasteiger charge is 2.12. The van der Waals surface area contributed by atoms with Crippen molar-refractivity contribution >= 4 is 0 Å². The lowest BCUT2D eigenvalue weighted by Crippen LogP contribution is -2.08. The van der Waals surface area contributed by atoms with Crippen LogP contribution in [0.3, 0.4) is 0 Å². The summed E-state index contributed by atoms with van der Waals surface area (Å²) >= 11 is 0. The molecular weight excluding hydrogens is 188 g/mol. The third-order valence-electron chi connectivity index (χ3n) is 2.69. The molecule has 0 saturated heterocycles. The van der Waals surface area contributed by atoms with Gasteiger partial charge in [-0.3, -0.25) is 0 Å². The second-order valence-corrected chi connectivity index (χ2v) is 3.87. The van der Waals surface area contributed by atoms with E-state index < -0.39 is 0 Å². The molecule has 1 radical (unpaired) electrons. The molecule has 1 heterocycles. The van der Waals surface area contributed by atoms with E-state index in [9.17, 15) is 0 Å². The van der Waals surface area contributed by atoms with Crippen LogP contribution in [0.5, 0.6) is 5.75 Å². The first-order valence-electron chi connectivity index (χ1n) is 5.61. The molecule has 81 valence electrons. The molecule has 0 bridgehead atoms.